The Kier molecular flexibility index (Phi) is 3.72. The van der Waals surface area contributed by atoms with Gasteiger partial charge in [0.2, 0.25) is 0 Å². The third-order valence-electron chi connectivity index (χ3n) is 2.71. The number of ether oxygens (including phenoxy) is 1. The Balaban J connectivity index is 2.25. The van der Waals surface area contributed by atoms with Crippen molar-refractivity contribution >= 4 is 17.3 Å². The molecule has 1 aliphatic carbocycles. The Hall–Kier alpha value is -2.16. The molecule has 0 amide bonds. The Morgan fingerprint density at radius 3 is 2.61 bits per heavy atom. The summed E-state index contributed by atoms with van der Waals surface area (Å²) in [6, 6.07) is 9.34. The van der Waals surface area contributed by atoms with Crippen LogP contribution in [0, 0.1) is 0 Å². The summed E-state index contributed by atoms with van der Waals surface area (Å²) in [5, 5.41) is 0. The first-order chi connectivity index (χ1) is 8.74. The number of ketones is 1. The monoisotopic (exact) mass is 242 g/mol. The average molecular weight is 242 g/mol. The van der Waals surface area contributed by atoms with Gasteiger partial charge in [0.15, 0.2) is 5.78 Å². The van der Waals surface area contributed by atoms with Gasteiger partial charge in [0.25, 0.3) is 0 Å². The van der Waals surface area contributed by atoms with Crippen LogP contribution in [0.1, 0.15) is 18.9 Å². The van der Waals surface area contributed by atoms with Crippen molar-refractivity contribution in [2.75, 3.05) is 6.61 Å². The van der Waals surface area contributed by atoms with E-state index in [-0.39, 0.29) is 18.0 Å². The van der Waals surface area contributed by atoms with Crippen LogP contribution >= 0.6 is 0 Å². The van der Waals surface area contributed by atoms with Crippen molar-refractivity contribution in [3.05, 3.63) is 53.6 Å². The van der Waals surface area contributed by atoms with Gasteiger partial charge in [-0.3, -0.25) is 4.79 Å². The molecule has 3 nitrogen and oxygen atoms in total. The number of allylic oxidation sites excluding steroid dienone is 3. The highest BCUT2D eigenvalue weighted by atomic mass is 16.5. The van der Waals surface area contributed by atoms with Gasteiger partial charge in [-0.25, -0.2) is 4.79 Å². The van der Waals surface area contributed by atoms with E-state index in [9.17, 15) is 9.59 Å². The lowest BCUT2D eigenvalue weighted by atomic mass is 9.91. The van der Waals surface area contributed by atoms with E-state index in [0.29, 0.717) is 12.0 Å². The van der Waals surface area contributed by atoms with E-state index in [1.165, 1.54) is 0 Å². The van der Waals surface area contributed by atoms with E-state index in [0.717, 1.165) is 5.56 Å². The van der Waals surface area contributed by atoms with Crippen LogP contribution in [0.4, 0.5) is 0 Å². The summed E-state index contributed by atoms with van der Waals surface area (Å²) in [7, 11) is 0. The van der Waals surface area contributed by atoms with Crippen LogP contribution in [0.5, 0.6) is 0 Å². The molecule has 0 aromatic heterocycles. The SMILES string of the molecule is CCOC(=O)C1=CCC=C(c2ccccc2)C1=O. The smallest absolute Gasteiger partial charge is 0.341 e. The molecule has 0 heterocycles. The summed E-state index contributed by atoms with van der Waals surface area (Å²) in [6.07, 6.45) is 4.03. The van der Waals surface area contributed by atoms with E-state index < -0.39 is 5.97 Å². The minimum Gasteiger partial charge on any atom is -0.462 e. The molecular weight excluding hydrogens is 228 g/mol. The summed E-state index contributed by atoms with van der Waals surface area (Å²) in [5.41, 5.74) is 1.54. The standard InChI is InChI=1S/C15H14O3/c1-2-18-15(17)13-10-6-9-12(14(13)16)11-7-4-3-5-8-11/h3-5,7-10H,2,6H2,1H3. The summed E-state index contributed by atoms with van der Waals surface area (Å²) >= 11 is 0. The summed E-state index contributed by atoms with van der Waals surface area (Å²) in [6.45, 7) is 1.99. The van der Waals surface area contributed by atoms with Gasteiger partial charge in [0.1, 0.15) is 5.57 Å². The molecule has 1 aromatic carbocycles. The van der Waals surface area contributed by atoms with Gasteiger partial charge in [0, 0.05) is 5.57 Å². The first kappa shape index (κ1) is 12.3. The van der Waals surface area contributed by atoms with Crippen molar-refractivity contribution in [2.24, 2.45) is 0 Å². The molecule has 0 atom stereocenters. The van der Waals surface area contributed by atoms with Gasteiger partial charge in [-0.1, -0.05) is 42.5 Å². The maximum Gasteiger partial charge on any atom is 0.341 e. The highest BCUT2D eigenvalue weighted by Crippen LogP contribution is 2.24. The molecule has 0 aliphatic heterocycles. The van der Waals surface area contributed by atoms with E-state index >= 15 is 0 Å². The lowest BCUT2D eigenvalue weighted by Crippen LogP contribution is -2.19. The van der Waals surface area contributed by atoms with Gasteiger partial charge < -0.3 is 4.74 Å². The molecule has 0 N–H and O–H groups in total. The molecule has 0 spiro atoms. The van der Waals surface area contributed by atoms with Gasteiger partial charge in [0.05, 0.1) is 6.61 Å². The van der Waals surface area contributed by atoms with Crippen molar-refractivity contribution in [3.63, 3.8) is 0 Å². The van der Waals surface area contributed by atoms with Crippen molar-refractivity contribution in [1.29, 1.82) is 0 Å². The van der Waals surface area contributed by atoms with Crippen molar-refractivity contribution in [1.82, 2.24) is 0 Å². The fraction of sp³-hybridized carbons (Fsp3) is 0.200. The van der Waals surface area contributed by atoms with Crippen molar-refractivity contribution in [3.8, 4) is 0 Å². The molecule has 0 saturated heterocycles. The van der Waals surface area contributed by atoms with Crippen molar-refractivity contribution in [2.45, 2.75) is 13.3 Å². The van der Waals surface area contributed by atoms with E-state index in [1.54, 1.807) is 13.0 Å². The number of carbonyl (C=O) groups is 2. The third kappa shape index (κ3) is 2.40. The van der Waals surface area contributed by atoms with Gasteiger partial charge in [-0.15, -0.1) is 0 Å². The average Bonchev–Trinajstić information content (AvgIpc) is 2.40. The second-order valence-corrected chi connectivity index (χ2v) is 3.89. The molecule has 0 radical (unpaired) electrons. The number of Topliss-reactive ketones (excluding diaryl/α,β-unsaturated/α-hetero) is 1. The highest BCUT2D eigenvalue weighted by Gasteiger charge is 2.25. The number of benzene rings is 1. The van der Waals surface area contributed by atoms with Crippen LogP contribution in [0.15, 0.2) is 48.1 Å². The molecule has 1 aliphatic rings. The topological polar surface area (TPSA) is 43.4 Å². The molecule has 2 rings (SSSR count). The lowest BCUT2D eigenvalue weighted by Gasteiger charge is -2.13. The highest BCUT2D eigenvalue weighted by molar-refractivity contribution is 6.37. The molecular formula is C15H14O3. The first-order valence-corrected chi connectivity index (χ1v) is 5.91. The third-order valence-corrected chi connectivity index (χ3v) is 2.71. The van der Waals surface area contributed by atoms with Crippen LogP contribution in [0.2, 0.25) is 0 Å². The molecule has 0 fully saturated rings. The maximum atomic E-state index is 12.2. The maximum absolute atomic E-state index is 12.2. The zero-order valence-corrected chi connectivity index (χ0v) is 10.2. The molecule has 0 bridgehead atoms. The van der Waals surface area contributed by atoms with Crippen LogP contribution < -0.4 is 0 Å². The van der Waals surface area contributed by atoms with E-state index in [1.807, 2.05) is 36.4 Å². The molecule has 3 heteroatoms. The normalized spacial score (nSPS) is 14.8. The summed E-state index contributed by atoms with van der Waals surface area (Å²) < 4.78 is 4.88. The summed E-state index contributed by atoms with van der Waals surface area (Å²) in [5.74, 6) is -0.796. The molecule has 0 unspecified atom stereocenters. The fourth-order valence-electron chi connectivity index (χ4n) is 1.88. The Morgan fingerprint density at radius 1 is 1.22 bits per heavy atom. The Labute approximate surface area is 106 Å². The van der Waals surface area contributed by atoms with Crippen LogP contribution in [-0.2, 0) is 14.3 Å². The Morgan fingerprint density at radius 2 is 1.94 bits per heavy atom. The van der Waals surface area contributed by atoms with Gasteiger partial charge >= 0.3 is 5.97 Å². The predicted octanol–water partition coefficient (Wildman–Crippen LogP) is 2.53. The molecule has 1 aromatic rings. The minimum atomic E-state index is -0.538. The number of hydrogen-bond donors (Lipinski definition) is 0. The lowest BCUT2D eigenvalue weighted by molar-refractivity contribution is -0.139. The largest absolute Gasteiger partial charge is 0.462 e. The van der Waals surface area contributed by atoms with Crippen molar-refractivity contribution < 1.29 is 14.3 Å². The minimum absolute atomic E-state index is 0.137. The first-order valence-electron chi connectivity index (χ1n) is 5.91. The van der Waals surface area contributed by atoms with Gasteiger partial charge in [-0.05, 0) is 18.9 Å². The zero-order valence-electron chi connectivity index (χ0n) is 10.2. The van der Waals surface area contributed by atoms with E-state index in [4.69, 9.17) is 4.74 Å². The van der Waals surface area contributed by atoms with Gasteiger partial charge in [-0.2, -0.15) is 0 Å². The zero-order chi connectivity index (χ0) is 13.0. The number of esters is 1. The predicted molar refractivity (Wildman–Crippen MR) is 68.8 cm³/mol. The van der Waals surface area contributed by atoms with Crippen LogP contribution in [-0.4, -0.2) is 18.4 Å². The van der Waals surface area contributed by atoms with Crippen LogP contribution in [0.25, 0.3) is 5.57 Å². The number of rotatable bonds is 3. The quantitative estimate of drug-likeness (QED) is 0.604. The number of carbonyl (C=O) groups excluding carboxylic acids is 2. The second-order valence-electron chi connectivity index (χ2n) is 3.89. The molecule has 0 saturated carbocycles. The molecule has 92 valence electrons. The van der Waals surface area contributed by atoms with Crippen LogP contribution in [0.3, 0.4) is 0 Å². The number of hydrogen-bond acceptors (Lipinski definition) is 3. The molecule has 18 heavy (non-hydrogen) atoms. The second kappa shape index (κ2) is 5.45. The Bertz CT molecular complexity index is 524. The van der Waals surface area contributed by atoms with E-state index in [2.05, 4.69) is 0 Å². The summed E-state index contributed by atoms with van der Waals surface area (Å²) in [4.78, 5) is 23.9. The fourth-order valence-corrected chi connectivity index (χ4v) is 1.88.